The summed E-state index contributed by atoms with van der Waals surface area (Å²) < 4.78 is 0. The maximum absolute atomic E-state index is 11.5. The topological polar surface area (TPSA) is 98.2 Å². The molecule has 3 amide bonds. The number of hydrogen-bond acceptors (Lipinski definition) is 4. The molecule has 6 heteroatoms. The van der Waals surface area contributed by atoms with Crippen LogP contribution in [0.2, 0.25) is 0 Å². The summed E-state index contributed by atoms with van der Waals surface area (Å²) in [7, 11) is 0. The van der Waals surface area contributed by atoms with E-state index in [0.29, 0.717) is 5.69 Å². The van der Waals surface area contributed by atoms with Crippen LogP contribution >= 0.6 is 11.8 Å². The molecule has 17 heavy (non-hydrogen) atoms. The Morgan fingerprint density at radius 1 is 1.41 bits per heavy atom. The number of nitrogens with two attached hydrogens (primary N) is 2. The van der Waals surface area contributed by atoms with Gasteiger partial charge in [0.2, 0.25) is 5.91 Å². The molecule has 1 aromatic rings. The van der Waals surface area contributed by atoms with Crippen LogP contribution < -0.4 is 16.8 Å². The molecule has 1 rings (SSSR count). The number of rotatable bonds is 3. The number of urea groups is 1. The van der Waals surface area contributed by atoms with Crippen molar-refractivity contribution < 1.29 is 9.59 Å². The highest BCUT2D eigenvalue weighted by Crippen LogP contribution is 2.29. The van der Waals surface area contributed by atoms with Crippen molar-refractivity contribution in [2.75, 3.05) is 5.73 Å². The molecule has 0 spiro atoms. The van der Waals surface area contributed by atoms with Crippen molar-refractivity contribution >= 4 is 29.4 Å². The third kappa shape index (κ3) is 3.67. The average Bonchev–Trinajstić information content (AvgIpc) is 2.23. The van der Waals surface area contributed by atoms with E-state index in [4.69, 9.17) is 11.5 Å². The highest BCUT2D eigenvalue weighted by atomic mass is 32.2. The molecule has 92 valence electrons. The Labute approximate surface area is 104 Å². The second kappa shape index (κ2) is 5.58. The highest BCUT2D eigenvalue weighted by Gasteiger charge is 2.16. The minimum Gasteiger partial charge on any atom is -0.398 e. The number of imide groups is 1. The van der Waals surface area contributed by atoms with Gasteiger partial charge in [0.25, 0.3) is 0 Å². The largest absolute Gasteiger partial charge is 0.398 e. The molecular formula is C11H15N3O2S. The zero-order valence-electron chi connectivity index (χ0n) is 9.69. The van der Waals surface area contributed by atoms with Gasteiger partial charge in [0.05, 0.1) is 5.25 Å². The van der Waals surface area contributed by atoms with E-state index in [-0.39, 0.29) is 0 Å². The molecule has 0 aliphatic heterocycles. The van der Waals surface area contributed by atoms with Gasteiger partial charge < -0.3 is 11.5 Å². The summed E-state index contributed by atoms with van der Waals surface area (Å²) in [6, 6.07) is 4.66. The predicted octanol–water partition coefficient (Wildman–Crippen LogP) is 1.25. The van der Waals surface area contributed by atoms with Gasteiger partial charge in [0.15, 0.2) is 0 Å². The van der Waals surface area contributed by atoms with E-state index in [1.807, 2.05) is 24.4 Å². The first-order valence-corrected chi connectivity index (χ1v) is 5.92. The maximum atomic E-state index is 11.5. The van der Waals surface area contributed by atoms with Crippen LogP contribution in [0.25, 0.3) is 0 Å². The molecule has 0 saturated carbocycles. The van der Waals surface area contributed by atoms with Gasteiger partial charge in [0.1, 0.15) is 0 Å². The minimum atomic E-state index is -0.841. The summed E-state index contributed by atoms with van der Waals surface area (Å²) in [5.74, 6) is -0.413. The zero-order chi connectivity index (χ0) is 13.0. The summed E-state index contributed by atoms with van der Waals surface area (Å²) in [6.45, 7) is 3.59. The second-order valence-corrected chi connectivity index (χ2v) is 4.97. The molecule has 0 fully saturated rings. The van der Waals surface area contributed by atoms with Crippen LogP contribution in [0.15, 0.2) is 23.1 Å². The Morgan fingerprint density at radius 3 is 2.65 bits per heavy atom. The number of benzene rings is 1. The molecule has 5 nitrogen and oxygen atoms in total. The number of amides is 3. The van der Waals surface area contributed by atoms with Gasteiger partial charge >= 0.3 is 6.03 Å². The predicted molar refractivity (Wildman–Crippen MR) is 68.6 cm³/mol. The van der Waals surface area contributed by atoms with Gasteiger partial charge in [-0.05, 0) is 31.5 Å². The molecule has 0 radical (unpaired) electrons. The molecule has 0 bridgehead atoms. The monoisotopic (exact) mass is 253 g/mol. The highest BCUT2D eigenvalue weighted by molar-refractivity contribution is 8.00. The van der Waals surface area contributed by atoms with Crippen LogP contribution in [0, 0.1) is 6.92 Å². The first kappa shape index (κ1) is 13.4. The Kier molecular flexibility index (Phi) is 4.39. The lowest BCUT2D eigenvalue weighted by Crippen LogP contribution is -2.39. The van der Waals surface area contributed by atoms with E-state index in [9.17, 15) is 9.59 Å². The fraction of sp³-hybridized carbons (Fsp3) is 0.273. The van der Waals surface area contributed by atoms with Gasteiger partial charge in [-0.2, -0.15) is 0 Å². The third-order valence-electron chi connectivity index (χ3n) is 2.25. The molecule has 5 N–H and O–H groups in total. The van der Waals surface area contributed by atoms with Gasteiger partial charge in [-0.3, -0.25) is 10.1 Å². The molecule has 1 atom stereocenters. The second-order valence-electron chi connectivity index (χ2n) is 3.58. The normalized spacial score (nSPS) is 11.9. The summed E-state index contributed by atoms with van der Waals surface area (Å²) in [5, 5.41) is 1.63. The van der Waals surface area contributed by atoms with E-state index in [0.717, 1.165) is 10.5 Å². The van der Waals surface area contributed by atoms with Crippen LogP contribution in [0.3, 0.4) is 0 Å². The molecule has 1 unspecified atom stereocenters. The van der Waals surface area contributed by atoms with Crippen molar-refractivity contribution in [1.29, 1.82) is 0 Å². The van der Waals surface area contributed by atoms with Crippen molar-refractivity contribution in [2.45, 2.75) is 24.0 Å². The van der Waals surface area contributed by atoms with E-state index < -0.39 is 17.2 Å². The number of carbonyl (C=O) groups excluding carboxylic acids is 2. The molecule has 0 heterocycles. The number of nitrogen functional groups attached to an aromatic ring is 1. The minimum absolute atomic E-state index is 0.413. The lowest BCUT2D eigenvalue weighted by Gasteiger charge is -2.12. The summed E-state index contributed by atoms with van der Waals surface area (Å²) in [5.41, 5.74) is 12.2. The van der Waals surface area contributed by atoms with E-state index >= 15 is 0 Å². The van der Waals surface area contributed by atoms with Gasteiger partial charge in [-0.25, -0.2) is 4.79 Å². The van der Waals surface area contributed by atoms with Crippen molar-refractivity contribution in [3.63, 3.8) is 0 Å². The lowest BCUT2D eigenvalue weighted by atomic mass is 10.2. The molecular weight excluding hydrogens is 238 g/mol. The van der Waals surface area contributed by atoms with Crippen LogP contribution in [0.1, 0.15) is 12.5 Å². The molecule has 0 aromatic heterocycles. The third-order valence-corrected chi connectivity index (χ3v) is 3.51. The van der Waals surface area contributed by atoms with Crippen LogP contribution in [-0.2, 0) is 4.79 Å². The van der Waals surface area contributed by atoms with Gasteiger partial charge in [0, 0.05) is 10.6 Å². The fourth-order valence-electron chi connectivity index (χ4n) is 1.23. The van der Waals surface area contributed by atoms with Crippen molar-refractivity contribution in [2.24, 2.45) is 5.73 Å². The first-order chi connectivity index (χ1) is 7.91. The summed E-state index contributed by atoms with van der Waals surface area (Å²) >= 11 is 1.33. The quantitative estimate of drug-likeness (QED) is 0.557. The number of hydrogen-bond donors (Lipinski definition) is 3. The fourth-order valence-corrected chi connectivity index (χ4v) is 2.22. The van der Waals surface area contributed by atoms with Crippen LogP contribution in [0.4, 0.5) is 10.5 Å². The standard InChI is InChI=1S/C11H15N3O2S/c1-6-8(12)4-3-5-9(6)17-7(2)10(15)14-11(13)16/h3-5,7H,12H2,1-2H3,(H3,13,14,15,16). The summed E-state index contributed by atoms with van der Waals surface area (Å²) in [4.78, 5) is 23.0. The van der Waals surface area contributed by atoms with E-state index in [1.54, 1.807) is 13.0 Å². The molecule has 1 aromatic carbocycles. The van der Waals surface area contributed by atoms with E-state index in [2.05, 4.69) is 0 Å². The van der Waals surface area contributed by atoms with Gasteiger partial charge in [-0.1, -0.05) is 6.07 Å². The lowest BCUT2D eigenvalue weighted by molar-refractivity contribution is -0.119. The number of nitrogens with one attached hydrogen (secondary N) is 1. The smallest absolute Gasteiger partial charge is 0.318 e. The van der Waals surface area contributed by atoms with Crippen LogP contribution in [0.5, 0.6) is 0 Å². The number of thioether (sulfide) groups is 1. The number of primary amides is 1. The Balaban J connectivity index is 2.74. The van der Waals surface area contributed by atoms with Crippen LogP contribution in [-0.4, -0.2) is 17.2 Å². The molecule has 0 saturated heterocycles. The maximum Gasteiger partial charge on any atom is 0.318 e. The first-order valence-electron chi connectivity index (χ1n) is 5.04. The summed E-state index contributed by atoms with van der Waals surface area (Å²) in [6.07, 6.45) is 0. The Hall–Kier alpha value is -1.69. The molecule has 0 aliphatic rings. The van der Waals surface area contributed by atoms with E-state index in [1.165, 1.54) is 11.8 Å². The van der Waals surface area contributed by atoms with Crippen molar-refractivity contribution in [1.82, 2.24) is 5.32 Å². The van der Waals surface area contributed by atoms with Gasteiger partial charge in [-0.15, -0.1) is 11.8 Å². The number of anilines is 1. The Bertz CT molecular complexity index is 448. The zero-order valence-corrected chi connectivity index (χ0v) is 10.5. The SMILES string of the molecule is Cc1c(N)cccc1SC(C)C(=O)NC(N)=O. The van der Waals surface area contributed by atoms with Crippen molar-refractivity contribution in [3.05, 3.63) is 23.8 Å². The Morgan fingerprint density at radius 2 is 2.06 bits per heavy atom. The number of carbonyl (C=O) groups is 2. The average molecular weight is 253 g/mol. The van der Waals surface area contributed by atoms with Crippen molar-refractivity contribution in [3.8, 4) is 0 Å². The molecule has 0 aliphatic carbocycles.